The molecule has 0 atom stereocenters. The van der Waals surface area contributed by atoms with Crippen LogP contribution in [0.25, 0.3) is 0 Å². The molecule has 0 aliphatic heterocycles. The Morgan fingerprint density at radius 1 is 1.33 bits per heavy atom. The van der Waals surface area contributed by atoms with E-state index in [0.717, 1.165) is 35.5 Å². The van der Waals surface area contributed by atoms with Gasteiger partial charge in [-0.15, -0.1) is 0 Å². The molecule has 132 valence electrons. The first-order valence-corrected chi connectivity index (χ1v) is 8.31. The number of amides is 1. The summed E-state index contributed by atoms with van der Waals surface area (Å²) >= 11 is 0. The molecule has 24 heavy (non-hydrogen) atoms. The van der Waals surface area contributed by atoms with Gasteiger partial charge in [-0.1, -0.05) is 10.7 Å². The zero-order valence-electron chi connectivity index (χ0n) is 15.5. The van der Waals surface area contributed by atoms with Gasteiger partial charge in [0.05, 0.1) is 12.2 Å². The molecule has 1 aliphatic carbocycles. The summed E-state index contributed by atoms with van der Waals surface area (Å²) in [5.74, 6) is 1.43. The Morgan fingerprint density at radius 3 is 2.46 bits per heavy atom. The maximum atomic E-state index is 12.7. The van der Waals surface area contributed by atoms with Crippen LogP contribution in [0.15, 0.2) is 33.1 Å². The third kappa shape index (κ3) is 4.40. The van der Waals surface area contributed by atoms with Gasteiger partial charge in [0, 0.05) is 29.8 Å². The fourth-order valence-corrected chi connectivity index (χ4v) is 2.61. The number of nitrogens with zero attached hydrogens (tertiary/aromatic N) is 1. The van der Waals surface area contributed by atoms with Gasteiger partial charge in [-0.2, -0.15) is 0 Å². The number of aromatic nitrogens is 1. The van der Waals surface area contributed by atoms with Crippen LogP contribution < -0.4 is 16.0 Å². The number of hydrogen-bond acceptors (Lipinski definition) is 5. The monoisotopic (exact) mass is 332 g/mol. The summed E-state index contributed by atoms with van der Waals surface area (Å²) in [4.78, 5) is 12.7. The third-order valence-corrected chi connectivity index (χ3v) is 4.25. The zero-order valence-corrected chi connectivity index (χ0v) is 15.5. The summed E-state index contributed by atoms with van der Waals surface area (Å²) in [6.45, 7) is 10.2. The van der Waals surface area contributed by atoms with E-state index in [0.29, 0.717) is 17.9 Å². The van der Waals surface area contributed by atoms with Crippen molar-refractivity contribution in [1.29, 1.82) is 0 Å². The number of allylic oxidation sites excluding steroid dienone is 1. The van der Waals surface area contributed by atoms with Crippen LogP contribution in [0, 0.1) is 6.92 Å². The number of aryl methyl sites for hydroxylation is 1. The fraction of sp³-hybridized carbons (Fsp3) is 0.556. The molecule has 2 rings (SSSR count). The molecule has 0 bridgehead atoms. The maximum absolute atomic E-state index is 12.7. The van der Waals surface area contributed by atoms with Crippen molar-refractivity contribution in [1.82, 2.24) is 21.1 Å². The first-order valence-electron chi connectivity index (χ1n) is 8.31. The van der Waals surface area contributed by atoms with Crippen LogP contribution in [0.4, 0.5) is 0 Å². The Morgan fingerprint density at radius 2 is 2.00 bits per heavy atom. The first kappa shape index (κ1) is 18.1. The van der Waals surface area contributed by atoms with Crippen LogP contribution in [-0.4, -0.2) is 23.7 Å². The largest absolute Gasteiger partial charge is 0.375 e. The lowest BCUT2D eigenvalue weighted by molar-refractivity contribution is -0.117. The lowest BCUT2D eigenvalue weighted by Gasteiger charge is -2.21. The second kappa shape index (κ2) is 7.11. The Balaban J connectivity index is 2.15. The quantitative estimate of drug-likeness (QED) is 0.528. The molecular formula is C18H28N4O2. The highest BCUT2D eigenvalue weighted by atomic mass is 16.5. The van der Waals surface area contributed by atoms with E-state index < -0.39 is 0 Å². The maximum Gasteiger partial charge on any atom is 0.251 e. The minimum Gasteiger partial charge on any atom is -0.375 e. The smallest absolute Gasteiger partial charge is 0.251 e. The van der Waals surface area contributed by atoms with Gasteiger partial charge in [0.2, 0.25) is 0 Å². The highest BCUT2D eigenvalue weighted by molar-refractivity contribution is 5.98. The molecule has 0 unspecified atom stereocenters. The lowest BCUT2D eigenvalue weighted by Crippen LogP contribution is -2.35. The number of nitrogens with one attached hydrogen (secondary N) is 3. The van der Waals surface area contributed by atoms with Crippen LogP contribution in [0.1, 0.15) is 52.0 Å². The molecular weight excluding hydrogens is 304 g/mol. The van der Waals surface area contributed by atoms with Crippen molar-refractivity contribution < 1.29 is 9.32 Å². The molecule has 0 saturated heterocycles. The van der Waals surface area contributed by atoms with Gasteiger partial charge in [-0.3, -0.25) is 4.79 Å². The molecule has 6 nitrogen and oxygen atoms in total. The van der Waals surface area contributed by atoms with E-state index in [1.807, 2.05) is 40.8 Å². The van der Waals surface area contributed by atoms with Crippen LogP contribution in [0.3, 0.4) is 0 Å². The second-order valence-electron chi connectivity index (χ2n) is 6.93. The molecule has 1 amide bonds. The molecule has 6 heteroatoms. The summed E-state index contributed by atoms with van der Waals surface area (Å²) in [6.07, 6.45) is 2.29. The average molecular weight is 332 g/mol. The predicted molar refractivity (Wildman–Crippen MR) is 94.0 cm³/mol. The van der Waals surface area contributed by atoms with Crippen molar-refractivity contribution in [3.63, 3.8) is 0 Å². The molecule has 1 heterocycles. The zero-order chi connectivity index (χ0) is 17.9. The van der Waals surface area contributed by atoms with Crippen molar-refractivity contribution >= 4 is 5.91 Å². The van der Waals surface area contributed by atoms with E-state index in [-0.39, 0.29) is 11.4 Å². The van der Waals surface area contributed by atoms with Gasteiger partial charge in [0.1, 0.15) is 5.82 Å². The van der Waals surface area contributed by atoms with Crippen molar-refractivity contribution in [2.75, 3.05) is 7.05 Å². The summed E-state index contributed by atoms with van der Waals surface area (Å²) < 4.78 is 5.14. The second-order valence-corrected chi connectivity index (χ2v) is 6.93. The highest BCUT2D eigenvalue weighted by Gasteiger charge is 2.38. The number of rotatable bonds is 7. The molecule has 0 aromatic carbocycles. The van der Waals surface area contributed by atoms with Gasteiger partial charge < -0.3 is 20.5 Å². The highest BCUT2D eigenvalue weighted by Crippen LogP contribution is 2.35. The molecule has 3 N–H and O–H groups in total. The number of carbonyl (C=O) groups is 1. The van der Waals surface area contributed by atoms with Crippen molar-refractivity contribution in [3.05, 3.63) is 40.1 Å². The normalized spacial score (nSPS) is 16.1. The van der Waals surface area contributed by atoms with Crippen molar-refractivity contribution in [3.8, 4) is 0 Å². The molecule has 1 saturated carbocycles. The Hall–Kier alpha value is -2.24. The van der Waals surface area contributed by atoms with E-state index in [1.165, 1.54) is 0 Å². The van der Waals surface area contributed by atoms with Crippen LogP contribution >= 0.6 is 0 Å². The van der Waals surface area contributed by atoms with E-state index in [2.05, 4.69) is 28.0 Å². The standard InChI is InChI=1S/C18H28N4O2/c1-11(2)15(13(4)16(19-6)21-18(5)7-8-18)17(23)20-10-14-9-12(3)22-24-14/h9,19,21H,7-8,10H2,1-6H3,(H,20,23)/b16-13-. The van der Waals surface area contributed by atoms with Gasteiger partial charge in [0.25, 0.3) is 5.91 Å². The minimum absolute atomic E-state index is 0.114. The fourth-order valence-electron chi connectivity index (χ4n) is 2.61. The van der Waals surface area contributed by atoms with E-state index in [9.17, 15) is 4.79 Å². The third-order valence-electron chi connectivity index (χ3n) is 4.25. The topological polar surface area (TPSA) is 79.2 Å². The van der Waals surface area contributed by atoms with Gasteiger partial charge in [-0.05, 0) is 47.5 Å². The van der Waals surface area contributed by atoms with Gasteiger partial charge >= 0.3 is 0 Å². The molecule has 1 aromatic rings. The van der Waals surface area contributed by atoms with Gasteiger partial charge in [0.15, 0.2) is 5.76 Å². The predicted octanol–water partition coefficient (Wildman–Crippen LogP) is 2.53. The molecule has 0 spiro atoms. The summed E-state index contributed by atoms with van der Waals surface area (Å²) in [6, 6.07) is 1.82. The molecule has 0 radical (unpaired) electrons. The average Bonchev–Trinajstić information content (AvgIpc) is 3.09. The lowest BCUT2D eigenvalue weighted by atomic mass is 10.0. The van der Waals surface area contributed by atoms with E-state index in [1.54, 1.807) is 0 Å². The summed E-state index contributed by atoms with van der Waals surface area (Å²) in [5.41, 5.74) is 3.51. The Bertz CT molecular complexity index is 677. The first-order chi connectivity index (χ1) is 11.3. The van der Waals surface area contributed by atoms with E-state index in [4.69, 9.17) is 4.52 Å². The molecule has 1 fully saturated rings. The van der Waals surface area contributed by atoms with Crippen LogP contribution in [0.2, 0.25) is 0 Å². The van der Waals surface area contributed by atoms with Crippen molar-refractivity contribution in [2.24, 2.45) is 0 Å². The molecule has 1 aromatic heterocycles. The summed E-state index contributed by atoms with van der Waals surface area (Å²) in [7, 11) is 1.87. The van der Waals surface area contributed by atoms with Crippen LogP contribution in [0.5, 0.6) is 0 Å². The van der Waals surface area contributed by atoms with Gasteiger partial charge in [-0.25, -0.2) is 0 Å². The summed E-state index contributed by atoms with van der Waals surface area (Å²) in [5, 5.41) is 13.4. The number of hydrogen-bond donors (Lipinski definition) is 3. The molecule has 1 aliphatic rings. The minimum atomic E-state index is -0.114. The Labute approximate surface area is 143 Å². The number of carbonyl (C=O) groups excluding carboxylic acids is 1. The van der Waals surface area contributed by atoms with Crippen LogP contribution in [-0.2, 0) is 11.3 Å². The van der Waals surface area contributed by atoms with Crippen molar-refractivity contribution in [2.45, 2.75) is 59.5 Å². The Kier molecular flexibility index (Phi) is 5.36. The van der Waals surface area contributed by atoms with E-state index >= 15 is 0 Å². The SMILES string of the molecule is CN/C(NC1(C)CC1)=C(\C)C(C(=O)NCc1cc(C)no1)=C(C)C.